The highest BCUT2D eigenvalue weighted by atomic mass is 16.5. The minimum Gasteiger partial charge on any atom is -0.491 e. The minimum atomic E-state index is -0.483. The van der Waals surface area contributed by atoms with Crippen LogP contribution in [0.15, 0.2) is 24.3 Å². The summed E-state index contributed by atoms with van der Waals surface area (Å²) in [6.45, 7) is 11.1. The van der Waals surface area contributed by atoms with Crippen LogP contribution in [0, 0.1) is 18.3 Å². The van der Waals surface area contributed by atoms with Crippen molar-refractivity contribution in [2.24, 2.45) is 17.1 Å². The van der Waals surface area contributed by atoms with E-state index in [4.69, 9.17) is 10.5 Å². The molecule has 0 spiro atoms. The number of ether oxygens (including phenoxy) is 1. The zero-order chi connectivity index (χ0) is 20.6. The second-order valence-corrected chi connectivity index (χ2v) is 9.00. The second-order valence-electron chi connectivity index (χ2n) is 9.00. The van der Waals surface area contributed by atoms with E-state index in [9.17, 15) is 9.59 Å². The molecule has 1 aromatic carbocycles. The van der Waals surface area contributed by atoms with Crippen molar-refractivity contribution in [3.63, 3.8) is 0 Å². The summed E-state index contributed by atoms with van der Waals surface area (Å²) in [6.07, 6.45) is 2.28. The number of benzene rings is 1. The smallest absolute Gasteiger partial charge is 0.248 e. The molecule has 0 bridgehead atoms. The Morgan fingerprint density at radius 2 is 1.96 bits per heavy atom. The molecule has 2 aromatic rings. The summed E-state index contributed by atoms with van der Waals surface area (Å²) in [5.41, 5.74) is 9.44. The van der Waals surface area contributed by atoms with Crippen LogP contribution in [-0.4, -0.2) is 22.9 Å². The van der Waals surface area contributed by atoms with Crippen molar-refractivity contribution >= 4 is 11.7 Å². The number of fused-ring (bicyclic) bond motifs is 1. The Hall–Kier alpha value is -2.56. The SMILES string of the molecule is Cc1cc2c(n1-c1ccc(C(N)=O)cc1OCCC(C)C)CC(C)(C)CC2=O. The highest BCUT2D eigenvalue weighted by Gasteiger charge is 2.34. The van der Waals surface area contributed by atoms with Gasteiger partial charge in [-0.3, -0.25) is 9.59 Å². The molecule has 0 saturated heterocycles. The fourth-order valence-electron chi connectivity index (χ4n) is 3.86. The summed E-state index contributed by atoms with van der Waals surface area (Å²) in [5, 5.41) is 0. The molecule has 1 aromatic heterocycles. The van der Waals surface area contributed by atoms with Gasteiger partial charge in [0.15, 0.2) is 5.78 Å². The Morgan fingerprint density at radius 3 is 2.61 bits per heavy atom. The summed E-state index contributed by atoms with van der Waals surface area (Å²) in [5.74, 6) is 0.837. The topological polar surface area (TPSA) is 74.3 Å². The first-order valence-electron chi connectivity index (χ1n) is 9.90. The number of hydrogen-bond acceptors (Lipinski definition) is 3. The molecule has 2 N–H and O–H groups in total. The Balaban J connectivity index is 2.11. The molecule has 0 saturated carbocycles. The summed E-state index contributed by atoms with van der Waals surface area (Å²) in [6, 6.07) is 7.26. The third kappa shape index (κ3) is 3.98. The van der Waals surface area contributed by atoms with E-state index in [1.807, 2.05) is 19.1 Å². The van der Waals surface area contributed by atoms with Crippen LogP contribution >= 0.6 is 0 Å². The number of nitrogens with zero attached hydrogens (tertiary/aromatic N) is 1. The van der Waals surface area contributed by atoms with E-state index < -0.39 is 5.91 Å². The summed E-state index contributed by atoms with van der Waals surface area (Å²) in [7, 11) is 0. The van der Waals surface area contributed by atoms with Crippen molar-refractivity contribution in [1.82, 2.24) is 4.57 Å². The van der Waals surface area contributed by atoms with E-state index in [1.54, 1.807) is 12.1 Å². The van der Waals surface area contributed by atoms with Gasteiger partial charge in [-0.25, -0.2) is 0 Å². The van der Waals surface area contributed by atoms with Crippen molar-refractivity contribution in [2.45, 2.75) is 53.9 Å². The number of carbonyl (C=O) groups excluding carboxylic acids is 2. The fourth-order valence-corrected chi connectivity index (χ4v) is 3.86. The number of aryl methyl sites for hydroxylation is 1. The maximum atomic E-state index is 12.7. The molecule has 3 rings (SSSR count). The molecule has 0 radical (unpaired) electrons. The first kappa shape index (κ1) is 20.2. The molecule has 1 amide bonds. The largest absolute Gasteiger partial charge is 0.491 e. The van der Waals surface area contributed by atoms with E-state index in [-0.39, 0.29) is 11.2 Å². The van der Waals surface area contributed by atoms with Crippen LogP contribution in [0.4, 0.5) is 0 Å². The standard InChI is InChI=1S/C23H30N2O3/c1-14(2)8-9-28-21-11-16(22(24)27)6-7-18(21)25-15(3)10-17-19(25)12-23(4,5)13-20(17)26/h6-7,10-11,14H,8-9,12-13H2,1-5H3,(H2,24,27). The van der Waals surface area contributed by atoms with Gasteiger partial charge < -0.3 is 15.0 Å². The van der Waals surface area contributed by atoms with Crippen molar-refractivity contribution in [2.75, 3.05) is 6.61 Å². The third-order valence-electron chi connectivity index (χ3n) is 5.31. The highest BCUT2D eigenvalue weighted by molar-refractivity contribution is 5.99. The number of nitrogens with two attached hydrogens (primary N) is 1. The normalized spacial score (nSPS) is 15.6. The first-order chi connectivity index (χ1) is 13.1. The van der Waals surface area contributed by atoms with Crippen LogP contribution < -0.4 is 10.5 Å². The molecule has 28 heavy (non-hydrogen) atoms. The van der Waals surface area contributed by atoms with Gasteiger partial charge in [0.25, 0.3) is 0 Å². The molecule has 0 fully saturated rings. The lowest BCUT2D eigenvalue weighted by molar-refractivity contribution is 0.0910. The van der Waals surface area contributed by atoms with Gasteiger partial charge in [-0.15, -0.1) is 0 Å². The van der Waals surface area contributed by atoms with E-state index in [2.05, 4.69) is 32.3 Å². The van der Waals surface area contributed by atoms with Crippen molar-refractivity contribution in [3.05, 3.63) is 46.8 Å². The monoisotopic (exact) mass is 382 g/mol. The molecular formula is C23H30N2O3. The van der Waals surface area contributed by atoms with Gasteiger partial charge in [0.05, 0.1) is 12.3 Å². The zero-order valence-corrected chi connectivity index (χ0v) is 17.5. The van der Waals surface area contributed by atoms with E-state index in [0.717, 1.165) is 35.5 Å². The van der Waals surface area contributed by atoms with E-state index in [1.165, 1.54) is 0 Å². The Morgan fingerprint density at radius 1 is 1.25 bits per heavy atom. The highest BCUT2D eigenvalue weighted by Crippen LogP contribution is 2.39. The van der Waals surface area contributed by atoms with Crippen molar-refractivity contribution < 1.29 is 14.3 Å². The molecule has 150 valence electrons. The number of rotatable bonds is 6. The Labute approximate surface area is 166 Å². The van der Waals surface area contributed by atoms with Gasteiger partial charge >= 0.3 is 0 Å². The Bertz CT molecular complexity index is 922. The van der Waals surface area contributed by atoms with Crippen LogP contribution in [0.3, 0.4) is 0 Å². The van der Waals surface area contributed by atoms with E-state index in [0.29, 0.717) is 30.3 Å². The molecular weight excluding hydrogens is 352 g/mol. The Kier molecular flexibility index (Phi) is 5.37. The average molecular weight is 383 g/mol. The van der Waals surface area contributed by atoms with Crippen molar-refractivity contribution in [3.8, 4) is 11.4 Å². The van der Waals surface area contributed by atoms with E-state index >= 15 is 0 Å². The second kappa shape index (κ2) is 7.46. The van der Waals surface area contributed by atoms with Crippen LogP contribution in [0.25, 0.3) is 5.69 Å². The maximum Gasteiger partial charge on any atom is 0.248 e. The predicted molar refractivity (Wildman–Crippen MR) is 110 cm³/mol. The van der Waals surface area contributed by atoms with Gasteiger partial charge in [-0.1, -0.05) is 27.7 Å². The van der Waals surface area contributed by atoms with Crippen LogP contribution in [0.5, 0.6) is 5.75 Å². The lowest BCUT2D eigenvalue weighted by Crippen LogP contribution is -2.28. The number of primary amides is 1. The number of Topliss-reactive ketones (excluding diaryl/α,β-unsaturated/α-hetero) is 1. The lowest BCUT2D eigenvalue weighted by atomic mass is 9.76. The number of amides is 1. The summed E-state index contributed by atoms with van der Waals surface area (Å²) >= 11 is 0. The lowest BCUT2D eigenvalue weighted by Gasteiger charge is -2.30. The maximum absolute atomic E-state index is 12.7. The fraction of sp³-hybridized carbons (Fsp3) is 0.478. The van der Waals surface area contributed by atoms with Crippen molar-refractivity contribution in [1.29, 1.82) is 0 Å². The number of hydrogen-bond donors (Lipinski definition) is 1. The van der Waals surface area contributed by atoms with Gasteiger partial charge in [0.2, 0.25) is 5.91 Å². The zero-order valence-electron chi connectivity index (χ0n) is 17.5. The van der Waals surface area contributed by atoms with Gasteiger partial charge in [-0.05, 0) is 55.4 Å². The molecule has 5 heteroatoms. The summed E-state index contributed by atoms with van der Waals surface area (Å²) < 4.78 is 8.17. The first-order valence-corrected chi connectivity index (χ1v) is 9.90. The number of ketones is 1. The van der Waals surface area contributed by atoms with Crippen LogP contribution in [0.2, 0.25) is 0 Å². The molecule has 1 aliphatic carbocycles. The third-order valence-corrected chi connectivity index (χ3v) is 5.31. The molecule has 0 atom stereocenters. The van der Waals surface area contributed by atoms with Crippen LogP contribution in [0.1, 0.15) is 72.6 Å². The van der Waals surface area contributed by atoms with Gasteiger partial charge in [0.1, 0.15) is 5.75 Å². The van der Waals surface area contributed by atoms with Gasteiger partial charge in [0, 0.05) is 28.9 Å². The number of carbonyl (C=O) groups is 2. The molecule has 5 nitrogen and oxygen atoms in total. The predicted octanol–water partition coefficient (Wildman–Crippen LogP) is 4.46. The molecule has 0 unspecified atom stereocenters. The van der Waals surface area contributed by atoms with Gasteiger partial charge in [-0.2, -0.15) is 0 Å². The minimum absolute atomic E-state index is 0.0849. The average Bonchev–Trinajstić information content (AvgIpc) is 2.89. The number of aromatic nitrogens is 1. The quantitative estimate of drug-likeness (QED) is 0.801. The molecule has 1 aliphatic rings. The molecule has 1 heterocycles. The van der Waals surface area contributed by atoms with Crippen LogP contribution in [-0.2, 0) is 6.42 Å². The molecule has 0 aliphatic heterocycles. The summed E-state index contributed by atoms with van der Waals surface area (Å²) in [4.78, 5) is 24.3.